The molecule has 0 bridgehead atoms. The summed E-state index contributed by atoms with van der Waals surface area (Å²) in [6, 6.07) is 0. The number of esters is 1. The summed E-state index contributed by atoms with van der Waals surface area (Å²) >= 11 is 18.6. The van der Waals surface area contributed by atoms with Crippen LogP contribution in [0.3, 0.4) is 0 Å². The summed E-state index contributed by atoms with van der Waals surface area (Å²) < 4.78 is 11.5. The van der Waals surface area contributed by atoms with Crippen LogP contribution in [0.5, 0.6) is 28.7 Å². The maximum absolute atomic E-state index is 12.8. The molecule has 3 rings (SSSR count). The van der Waals surface area contributed by atoms with E-state index in [2.05, 4.69) is 0 Å². The SMILES string of the molecule is C/C=C(\C)c1c(Cl)c(O)c(C)c2c1Oc1c(Cl)c(O)c(Cl)c(C)c1C(=O)O2. The maximum atomic E-state index is 12.8. The average Bonchev–Trinajstić information content (AvgIpc) is 2.79. The van der Waals surface area contributed by atoms with Crippen molar-refractivity contribution in [3.05, 3.63) is 43.4 Å². The van der Waals surface area contributed by atoms with E-state index in [0.29, 0.717) is 11.1 Å². The zero-order valence-electron chi connectivity index (χ0n) is 14.8. The third kappa shape index (κ3) is 2.81. The number of ether oxygens (including phenoxy) is 2. The minimum atomic E-state index is -0.779. The quantitative estimate of drug-likeness (QED) is 0.404. The van der Waals surface area contributed by atoms with Crippen LogP contribution in [-0.4, -0.2) is 16.2 Å². The number of carbonyl (C=O) groups excluding carboxylic acids is 1. The Morgan fingerprint density at radius 1 is 0.889 bits per heavy atom. The Morgan fingerprint density at radius 2 is 1.52 bits per heavy atom. The Morgan fingerprint density at radius 3 is 2.11 bits per heavy atom. The lowest BCUT2D eigenvalue weighted by Crippen LogP contribution is -2.10. The lowest BCUT2D eigenvalue weighted by atomic mass is 10.0. The van der Waals surface area contributed by atoms with Gasteiger partial charge in [0.15, 0.2) is 23.0 Å². The van der Waals surface area contributed by atoms with Gasteiger partial charge in [-0.3, -0.25) is 0 Å². The molecular formula is C19H15Cl3O5. The topological polar surface area (TPSA) is 76.0 Å². The molecule has 2 aromatic carbocycles. The highest BCUT2D eigenvalue weighted by Crippen LogP contribution is 2.55. The minimum absolute atomic E-state index is 0.0142. The standard InChI is InChI=1S/C19H15Cl3O5/c1-5-6(2)9-12(21)14(23)8(4)16-18(9)26-17-10(19(25)27-16)7(3)11(20)15(24)13(17)22/h5,23-24H,1-4H3/b6-5+. The first-order chi connectivity index (χ1) is 12.6. The summed E-state index contributed by atoms with van der Waals surface area (Å²) in [4.78, 5) is 12.8. The van der Waals surface area contributed by atoms with Crippen molar-refractivity contribution in [1.29, 1.82) is 0 Å². The number of hydrogen-bond donors (Lipinski definition) is 2. The molecule has 0 spiro atoms. The van der Waals surface area contributed by atoms with Crippen molar-refractivity contribution >= 4 is 46.3 Å². The van der Waals surface area contributed by atoms with E-state index in [4.69, 9.17) is 44.3 Å². The number of halogens is 3. The number of phenolic OH excluding ortho intramolecular Hbond substituents is 2. The molecule has 5 nitrogen and oxygen atoms in total. The Bertz CT molecular complexity index is 1040. The molecule has 1 heterocycles. The van der Waals surface area contributed by atoms with Gasteiger partial charge in [-0.1, -0.05) is 40.9 Å². The molecule has 0 saturated heterocycles. The molecule has 0 fully saturated rings. The highest BCUT2D eigenvalue weighted by atomic mass is 35.5. The summed E-state index contributed by atoms with van der Waals surface area (Å²) in [5, 5.41) is 20.3. The van der Waals surface area contributed by atoms with Gasteiger partial charge in [-0.2, -0.15) is 0 Å². The number of benzene rings is 2. The molecule has 0 aliphatic carbocycles. The van der Waals surface area contributed by atoms with Gasteiger partial charge in [-0.15, -0.1) is 0 Å². The van der Waals surface area contributed by atoms with E-state index in [1.807, 2.05) is 0 Å². The van der Waals surface area contributed by atoms with E-state index < -0.39 is 11.7 Å². The summed E-state index contributed by atoms with van der Waals surface area (Å²) in [5.41, 5.74) is 1.49. The van der Waals surface area contributed by atoms with Crippen molar-refractivity contribution in [1.82, 2.24) is 0 Å². The first-order valence-electron chi connectivity index (χ1n) is 7.90. The van der Waals surface area contributed by atoms with Gasteiger partial charge in [0.1, 0.15) is 16.3 Å². The fourth-order valence-corrected chi connectivity index (χ4v) is 3.69. The molecular weight excluding hydrogens is 415 g/mol. The van der Waals surface area contributed by atoms with Gasteiger partial charge < -0.3 is 19.7 Å². The molecule has 1 aliphatic rings. The van der Waals surface area contributed by atoms with Gasteiger partial charge in [0.25, 0.3) is 0 Å². The van der Waals surface area contributed by atoms with Gasteiger partial charge >= 0.3 is 5.97 Å². The predicted molar refractivity (Wildman–Crippen MR) is 105 cm³/mol. The van der Waals surface area contributed by atoms with Crippen LogP contribution >= 0.6 is 34.8 Å². The number of hydrogen-bond acceptors (Lipinski definition) is 5. The molecule has 2 aromatic rings. The van der Waals surface area contributed by atoms with E-state index in [1.165, 1.54) is 6.92 Å². The highest BCUT2D eigenvalue weighted by molar-refractivity contribution is 6.39. The second-order valence-electron chi connectivity index (χ2n) is 6.09. The average molecular weight is 430 g/mol. The van der Waals surface area contributed by atoms with Gasteiger partial charge in [0, 0.05) is 11.1 Å². The van der Waals surface area contributed by atoms with Gasteiger partial charge in [0.05, 0.1) is 10.0 Å². The van der Waals surface area contributed by atoms with Crippen LogP contribution < -0.4 is 9.47 Å². The van der Waals surface area contributed by atoms with E-state index in [-0.39, 0.29) is 54.8 Å². The van der Waals surface area contributed by atoms with Gasteiger partial charge in [-0.05, 0) is 38.8 Å². The lowest BCUT2D eigenvalue weighted by molar-refractivity contribution is 0.0735. The zero-order valence-corrected chi connectivity index (χ0v) is 17.1. The Hall–Kier alpha value is -2.08. The smallest absolute Gasteiger partial charge is 0.347 e. The molecule has 0 amide bonds. The first-order valence-corrected chi connectivity index (χ1v) is 9.03. The second-order valence-corrected chi connectivity index (χ2v) is 7.22. The largest absolute Gasteiger partial charge is 0.506 e. The van der Waals surface area contributed by atoms with Crippen molar-refractivity contribution in [3.8, 4) is 28.7 Å². The summed E-state index contributed by atoms with van der Waals surface area (Å²) in [6.45, 7) is 6.63. The predicted octanol–water partition coefficient (Wildman–Crippen LogP) is 6.42. The van der Waals surface area contributed by atoms with Crippen LogP contribution in [0.4, 0.5) is 0 Å². The van der Waals surface area contributed by atoms with Crippen molar-refractivity contribution in [2.45, 2.75) is 27.7 Å². The van der Waals surface area contributed by atoms with Crippen molar-refractivity contribution in [3.63, 3.8) is 0 Å². The van der Waals surface area contributed by atoms with E-state index >= 15 is 0 Å². The van der Waals surface area contributed by atoms with E-state index in [9.17, 15) is 15.0 Å². The molecule has 1 aliphatic heterocycles. The molecule has 0 saturated carbocycles. The number of phenols is 2. The second kappa shape index (κ2) is 6.82. The normalized spacial score (nSPS) is 13.4. The van der Waals surface area contributed by atoms with Crippen molar-refractivity contribution < 1.29 is 24.5 Å². The van der Waals surface area contributed by atoms with Crippen molar-refractivity contribution in [2.75, 3.05) is 0 Å². The van der Waals surface area contributed by atoms with Gasteiger partial charge in [-0.25, -0.2) is 4.79 Å². The molecule has 0 aromatic heterocycles. The highest BCUT2D eigenvalue weighted by Gasteiger charge is 2.35. The Balaban J connectivity index is 2.45. The molecule has 2 N–H and O–H groups in total. The number of carbonyl (C=O) groups is 1. The molecule has 8 heteroatoms. The van der Waals surface area contributed by atoms with E-state index in [0.717, 1.165) is 0 Å². The molecule has 27 heavy (non-hydrogen) atoms. The summed E-state index contributed by atoms with van der Waals surface area (Å²) in [6.07, 6.45) is 1.76. The van der Waals surface area contributed by atoms with Crippen LogP contribution in [0.2, 0.25) is 15.1 Å². The fraction of sp³-hybridized carbons (Fsp3) is 0.211. The minimum Gasteiger partial charge on any atom is -0.506 e. The monoisotopic (exact) mass is 428 g/mol. The summed E-state index contributed by atoms with van der Waals surface area (Å²) in [5.74, 6) is -1.37. The Kier molecular flexibility index (Phi) is 4.97. The zero-order chi connectivity index (χ0) is 20.2. The number of rotatable bonds is 1. The number of allylic oxidation sites excluding steroid dienone is 2. The van der Waals surface area contributed by atoms with E-state index in [1.54, 1.807) is 26.8 Å². The first kappa shape index (κ1) is 19.7. The third-order valence-corrected chi connectivity index (χ3v) is 5.71. The molecule has 0 unspecified atom stereocenters. The van der Waals surface area contributed by atoms with Crippen LogP contribution in [0.15, 0.2) is 6.08 Å². The van der Waals surface area contributed by atoms with Crippen LogP contribution in [0.25, 0.3) is 5.57 Å². The Labute approximate surface area is 170 Å². The molecule has 142 valence electrons. The lowest BCUT2D eigenvalue weighted by Gasteiger charge is -2.18. The van der Waals surface area contributed by atoms with Crippen LogP contribution in [0, 0.1) is 13.8 Å². The molecule has 0 atom stereocenters. The number of fused-ring (bicyclic) bond motifs is 2. The molecule has 0 radical (unpaired) electrons. The fourth-order valence-electron chi connectivity index (χ4n) is 2.85. The third-order valence-electron chi connectivity index (χ3n) is 4.53. The van der Waals surface area contributed by atoms with Gasteiger partial charge in [0.2, 0.25) is 0 Å². The maximum Gasteiger partial charge on any atom is 0.347 e. The van der Waals surface area contributed by atoms with Crippen LogP contribution in [0.1, 0.15) is 40.9 Å². The number of aromatic hydroxyl groups is 2. The van der Waals surface area contributed by atoms with Crippen LogP contribution in [-0.2, 0) is 0 Å². The van der Waals surface area contributed by atoms with Crippen molar-refractivity contribution in [2.24, 2.45) is 0 Å². The summed E-state index contributed by atoms with van der Waals surface area (Å²) in [7, 11) is 0.